The van der Waals surface area contributed by atoms with Crippen LogP contribution in [-0.2, 0) is 26.2 Å². The molecule has 0 aliphatic rings. The van der Waals surface area contributed by atoms with Crippen LogP contribution in [0.15, 0.2) is 71.6 Å². The van der Waals surface area contributed by atoms with Crippen molar-refractivity contribution in [1.29, 1.82) is 0 Å². The van der Waals surface area contributed by atoms with Crippen LogP contribution in [0.2, 0.25) is 5.02 Å². The molecule has 226 valence electrons. The molecular weight excluding hydrogens is 578 g/mol. The first kappa shape index (κ1) is 32.8. The van der Waals surface area contributed by atoms with E-state index in [9.17, 15) is 18.0 Å². The molecule has 9 nitrogen and oxygen atoms in total. The minimum Gasteiger partial charge on any atom is -0.497 e. The fraction of sp³-hybridized carbons (Fsp3) is 0.355. The van der Waals surface area contributed by atoms with Crippen LogP contribution >= 0.6 is 11.6 Å². The quantitative estimate of drug-likeness (QED) is 0.284. The third-order valence-electron chi connectivity index (χ3n) is 6.95. The first-order valence-electron chi connectivity index (χ1n) is 13.6. The topological polar surface area (TPSA) is 105 Å². The highest BCUT2D eigenvalue weighted by Crippen LogP contribution is 2.36. The van der Waals surface area contributed by atoms with Crippen LogP contribution in [0.5, 0.6) is 11.5 Å². The van der Waals surface area contributed by atoms with Gasteiger partial charge in [-0.15, -0.1) is 0 Å². The standard InChI is InChI=1S/C31H38ClN3O6S/c1-7-22(3)33-31(37)23(4)34(19-24-9-8-10-25(32)17-24)30(36)20-35(28-18-26(40-5)13-16-29(28)41-6)42(38,39)27-14-11-21(2)12-15-27/h8-18,22-23H,7,19-20H2,1-6H3,(H,33,37)/t22-,23-/m0/s1. The second-order valence-electron chi connectivity index (χ2n) is 10.0. The summed E-state index contributed by atoms with van der Waals surface area (Å²) in [5.41, 5.74) is 1.68. The largest absolute Gasteiger partial charge is 0.497 e. The average Bonchev–Trinajstić information content (AvgIpc) is 2.97. The Kier molecular flexibility index (Phi) is 11.2. The monoisotopic (exact) mass is 615 g/mol. The summed E-state index contributed by atoms with van der Waals surface area (Å²) in [5.74, 6) is -0.350. The Balaban J connectivity index is 2.12. The number of amides is 2. The fourth-order valence-corrected chi connectivity index (χ4v) is 5.85. The van der Waals surface area contributed by atoms with Gasteiger partial charge in [-0.1, -0.05) is 48.4 Å². The van der Waals surface area contributed by atoms with E-state index >= 15 is 0 Å². The molecule has 1 N–H and O–H groups in total. The average molecular weight is 616 g/mol. The highest BCUT2D eigenvalue weighted by molar-refractivity contribution is 7.92. The van der Waals surface area contributed by atoms with Gasteiger partial charge in [0.2, 0.25) is 11.8 Å². The molecule has 0 heterocycles. The molecule has 2 amide bonds. The van der Waals surface area contributed by atoms with E-state index in [1.54, 1.807) is 55.5 Å². The number of nitrogens with one attached hydrogen (secondary N) is 1. The lowest BCUT2D eigenvalue weighted by Crippen LogP contribution is -2.52. The molecule has 0 aliphatic heterocycles. The van der Waals surface area contributed by atoms with Crippen molar-refractivity contribution in [1.82, 2.24) is 10.2 Å². The van der Waals surface area contributed by atoms with Crippen molar-refractivity contribution in [3.63, 3.8) is 0 Å². The maximum Gasteiger partial charge on any atom is 0.264 e. The van der Waals surface area contributed by atoms with Crippen LogP contribution in [0.4, 0.5) is 5.69 Å². The molecule has 0 bridgehead atoms. The van der Waals surface area contributed by atoms with Crippen molar-refractivity contribution in [2.24, 2.45) is 0 Å². The Bertz CT molecular complexity index is 1500. The maximum absolute atomic E-state index is 14.1. The molecule has 3 rings (SSSR count). The van der Waals surface area contributed by atoms with Gasteiger partial charge in [0, 0.05) is 23.7 Å². The second kappa shape index (κ2) is 14.4. The Morgan fingerprint density at radius 3 is 2.26 bits per heavy atom. The number of nitrogens with zero attached hydrogens (tertiary/aromatic N) is 2. The van der Waals surface area contributed by atoms with Crippen molar-refractivity contribution in [3.8, 4) is 11.5 Å². The third-order valence-corrected chi connectivity index (χ3v) is 8.96. The lowest BCUT2D eigenvalue weighted by molar-refractivity contribution is -0.139. The summed E-state index contributed by atoms with van der Waals surface area (Å²) in [4.78, 5) is 28.7. The van der Waals surface area contributed by atoms with Crippen molar-refractivity contribution >= 4 is 39.1 Å². The number of hydrogen-bond acceptors (Lipinski definition) is 6. The van der Waals surface area contributed by atoms with Gasteiger partial charge in [0.05, 0.1) is 24.8 Å². The molecule has 0 saturated carbocycles. The Labute approximate surface area is 253 Å². The summed E-state index contributed by atoms with van der Waals surface area (Å²) < 4.78 is 40.1. The van der Waals surface area contributed by atoms with Gasteiger partial charge in [0.15, 0.2) is 0 Å². The number of halogens is 1. The second-order valence-corrected chi connectivity index (χ2v) is 12.3. The number of ether oxygens (including phenoxy) is 2. The summed E-state index contributed by atoms with van der Waals surface area (Å²) in [5, 5.41) is 3.39. The molecule has 11 heteroatoms. The van der Waals surface area contributed by atoms with Crippen LogP contribution in [0, 0.1) is 6.92 Å². The third kappa shape index (κ3) is 7.95. The first-order valence-corrected chi connectivity index (χ1v) is 15.4. The highest BCUT2D eigenvalue weighted by atomic mass is 35.5. The summed E-state index contributed by atoms with van der Waals surface area (Å²) in [7, 11) is -1.41. The Morgan fingerprint density at radius 1 is 0.976 bits per heavy atom. The van der Waals surface area contributed by atoms with Gasteiger partial charge in [-0.05, 0) is 69.2 Å². The van der Waals surface area contributed by atoms with Crippen LogP contribution in [0.3, 0.4) is 0 Å². The van der Waals surface area contributed by atoms with E-state index in [1.807, 2.05) is 20.8 Å². The molecule has 42 heavy (non-hydrogen) atoms. The number of anilines is 1. The van der Waals surface area contributed by atoms with Crippen molar-refractivity contribution < 1.29 is 27.5 Å². The normalized spacial score (nSPS) is 12.6. The molecule has 0 saturated heterocycles. The summed E-state index contributed by atoms with van der Waals surface area (Å²) in [6.07, 6.45) is 0.707. The van der Waals surface area contributed by atoms with Crippen LogP contribution in [0.25, 0.3) is 0 Å². The zero-order chi connectivity index (χ0) is 31.0. The Hall–Kier alpha value is -3.76. The molecule has 0 unspecified atom stereocenters. The van der Waals surface area contributed by atoms with E-state index < -0.39 is 28.5 Å². The fourth-order valence-electron chi connectivity index (χ4n) is 4.22. The number of methoxy groups -OCH3 is 2. The molecule has 2 atom stereocenters. The number of hydrogen-bond donors (Lipinski definition) is 1. The van der Waals surface area contributed by atoms with Crippen molar-refractivity contribution in [2.75, 3.05) is 25.1 Å². The van der Waals surface area contributed by atoms with E-state index in [-0.39, 0.29) is 34.8 Å². The molecule has 3 aromatic carbocycles. The molecule has 0 fully saturated rings. The van der Waals surface area contributed by atoms with E-state index in [0.29, 0.717) is 22.8 Å². The van der Waals surface area contributed by atoms with Gasteiger partial charge in [0.25, 0.3) is 10.0 Å². The number of carbonyl (C=O) groups excluding carboxylic acids is 2. The number of sulfonamides is 1. The number of rotatable bonds is 13. The van der Waals surface area contributed by atoms with Crippen molar-refractivity contribution in [2.45, 2.75) is 57.6 Å². The predicted molar refractivity (Wildman–Crippen MR) is 165 cm³/mol. The maximum atomic E-state index is 14.1. The van der Waals surface area contributed by atoms with E-state index in [0.717, 1.165) is 9.87 Å². The number of aryl methyl sites for hydroxylation is 1. The van der Waals surface area contributed by atoms with Crippen LogP contribution < -0.4 is 19.1 Å². The molecule has 3 aromatic rings. The lowest BCUT2D eigenvalue weighted by atomic mass is 10.1. The van der Waals surface area contributed by atoms with E-state index in [4.69, 9.17) is 21.1 Å². The number of benzene rings is 3. The van der Waals surface area contributed by atoms with Gasteiger partial charge in [0.1, 0.15) is 24.1 Å². The first-order chi connectivity index (χ1) is 19.9. The molecule has 0 radical (unpaired) electrons. The van der Waals surface area contributed by atoms with Crippen LogP contribution in [-0.4, -0.2) is 58.0 Å². The van der Waals surface area contributed by atoms with Crippen molar-refractivity contribution in [3.05, 3.63) is 82.9 Å². The van der Waals surface area contributed by atoms with Gasteiger partial charge < -0.3 is 19.7 Å². The predicted octanol–water partition coefficient (Wildman–Crippen LogP) is 5.19. The van der Waals surface area contributed by atoms with Gasteiger partial charge in [-0.3, -0.25) is 13.9 Å². The lowest BCUT2D eigenvalue weighted by Gasteiger charge is -2.33. The molecule has 0 spiro atoms. The van der Waals surface area contributed by atoms with Crippen LogP contribution in [0.1, 0.15) is 38.3 Å². The van der Waals surface area contributed by atoms with E-state index in [1.165, 1.54) is 37.3 Å². The van der Waals surface area contributed by atoms with Gasteiger partial charge in [-0.25, -0.2) is 8.42 Å². The smallest absolute Gasteiger partial charge is 0.264 e. The van der Waals surface area contributed by atoms with E-state index in [2.05, 4.69) is 5.32 Å². The Morgan fingerprint density at radius 2 is 1.67 bits per heavy atom. The molecular formula is C31H38ClN3O6S. The highest BCUT2D eigenvalue weighted by Gasteiger charge is 2.34. The van der Waals surface area contributed by atoms with Gasteiger partial charge >= 0.3 is 0 Å². The zero-order valence-corrected chi connectivity index (χ0v) is 26.3. The molecule has 0 aromatic heterocycles. The zero-order valence-electron chi connectivity index (χ0n) is 24.8. The SMILES string of the molecule is CC[C@H](C)NC(=O)[C@H](C)N(Cc1cccc(Cl)c1)C(=O)CN(c1cc(OC)ccc1OC)S(=O)(=O)c1ccc(C)cc1. The summed E-state index contributed by atoms with van der Waals surface area (Å²) >= 11 is 6.21. The number of carbonyl (C=O) groups is 2. The minimum absolute atomic E-state index is 0.00488. The van der Waals surface area contributed by atoms with Gasteiger partial charge in [-0.2, -0.15) is 0 Å². The summed E-state index contributed by atoms with van der Waals surface area (Å²) in [6.45, 7) is 6.70. The minimum atomic E-state index is -4.28. The molecule has 0 aliphatic carbocycles. The summed E-state index contributed by atoms with van der Waals surface area (Å²) in [6, 6.07) is 17.0.